The van der Waals surface area contributed by atoms with E-state index in [-0.39, 0.29) is 11.3 Å². The lowest BCUT2D eigenvalue weighted by Crippen LogP contribution is -2.28. The molecule has 2 amide bonds. The highest BCUT2D eigenvalue weighted by molar-refractivity contribution is 5.98. The van der Waals surface area contributed by atoms with E-state index in [0.717, 1.165) is 5.56 Å². The molecule has 0 atom stereocenters. The van der Waals surface area contributed by atoms with Gasteiger partial charge in [0.15, 0.2) is 0 Å². The van der Waals surface area contributed by atoms with Crippen LogP contribution in [-0.2, 0) is 11.2 Å². The van der Waals surface area contributed by atoms with Crippen LogP contribution in [0.2, 0.25) is 0 Å². The zero-order valence-electron chi connectivity index (χ0n) is 15.2. The van der Waals surface area contributed by atoms with Crippen LogP contribution >= 0.6 is 0 Å². The number of amides is 2. The minimum absolute atomic E-state index is 0.0895. The molecule has 0 aromatic heterocycles. The van der Waals surface area contributed by atoms with E-state index in [1.54, 1.807) is 20.8 Å². The van der Waals surface area contributed by atoms with E-state index in [9.17, 15) is 14.7 Å². The molecule has 0 fully saturated rings. The van der Waals surface area contributed by atoms with Gasteiger partial charge in [0.1, 0.15) is 11.4 Å². The molecule has 0 heterocycles. The summed E-state index contributed by atoms with van der Waals surface area (Å²) >= 11 is 0. The molecule has 3 N–H and O–H groups in total. The van der Waals surface area contributed by atoms with E-state index < -0.39 is 17.6 Å². The van der Waals surface area contributed by atoms with E-state index in [1.807, 2.05) is 30.3 Å². The van der Waals surface area contributed by atoms with Gasteiger partial charge in [-0.25, -0.2) is 4.79 Å². The van der Waals surface area contributed by atoms with Gasteiger partial charge >= 0.3 is 6.09 Å². The molecule has 0 aliphatic heterocycles. The smallest absolute Gasteiger partial charge is 0.412 e. The SMILES string of the molecule is CC(C)(C)OC(=O)Nc1ccc(O)c(C(=O)NCCc2ccccc2)c1. The number of phenolic OH excluding ortho intramolecular Hbond substituents is 1. The third kappa shape index (κ3) is 6.12. The maximum absolute atomic E-state index is 12.3. The number of phenols is 1. The summed E-state index contributed by atoms with van der Waals surface area (Å²) in [5.41, 5.74) is 0.938. The summed E-state index contributed by atoms with van der Waals surface area (Å²) in [7, 11) is 0. The highest BCUT2D eigenvalue weighted by Gasteiger charge is 2.17. The van der Waals surface area contributed by atoms with Crippen molar-refractivity contribution in [3.8, 4) is 5.75 Å². The Morgan fingerprint density at radius 3 is 2.42 bits per heavy atom. The number of anilines is 1. The van der Waals surface area contributed by atoms with Crippen LogP contribution in [0.3, 0.4) is 0 Å². The summed E-state index contributed by atoms with van der Waals surface area (Å²) in [6.07, 6.45) is 0.0574. The zero-order valence-corrected chi connectivity index (χ0v) is 15.2. The van der Waals surface area contributed by atoms with E-state index >= 15 is 0 Å². The fraction of sp³-hybridized carbons (Fsp3) is 0.300. The topological polar surface area (TPSA) is 87.7 Å². The number of hydrogen-bond acceptors (Lipinski definition) is 4. The summed E-state index contributed by atoms with van der Waals surface area (Å²) < 4.78 is 5.17. The average molecular weight is 356 g/mol. The number of ether oxygens (including phenoxy) is 1. The van der Waals surface area contributed by atoms with Gasteiger partial charge < -0.3 is 15.2 Å². The van der Waals surface area contributed by atoms with E-state index in [2.05, 4.69) is 10.6 Å². The van der Waals surface area contributed by atoms with E-state index in [4.69, 9.17) is 4.74 Å². The summed E-state index contributed by atoms with van der Waals surface area (Å²) in [5, 5.41) is 15.3. The predicted molar refractivity (Wildman–Crippen MR) is 100 cm³/mol. The van der Waals surface area contributed by atoms with E-state index in [1.165, 1.54) is 18.2 Å². The van der Waals surface area contributed by atoms with Gasteiger partial charge in [0.25, 0.3) is 5.91 Å². The Hall–Kier alpha value is -3.02. The van der Waals surface area contributed by atoms with Gasteiger partial charge in [-0.3, -0.25) is 10.1 Å². The Morgan fingerprint density at radius 2 is 1.77 bits per heavy atom. The van der Waals surface area contributed by atoms with Crippen molar-refractivity contribution in [1.29, 1.82) is 0 Å². The molecule has 0 saturated heterocycles. The molecule has 0 bridgehead atoms. The number of nitrogens with one attached hydrogen (secondary N) is 2. The molecule has 0 unspecified atom stereocenters. The number of hydrogen-bond donors (Lipinski definition) is 3. The van der Waals surface area contributed by atoms with Crippen molar-refractivity contribution >= 4 is 17.7 Å². The highest BCUT2D eigenvalue weighted by Crippen LogP contribution is 2.22. The Kier molecular flexibility index (Phi) is 6.22. The molecule has 0 spiro atoms. The van der Waals surface area contributed by atoms with Crippen LogP contribution in [-0.4, -0.2) is 29.3 Å². The molecule has 138 valence electrons. The molecule has 2 rings (SSSR count). The average Bonchev–Trinajstić information content (AvgIpc) is 2.55. The molecule has 0 aliphatic rings. The minimum Gasteiger partial charge on any atom is -0.507 e. The van der Waals surface area contributed by atoms with Crippen molar-refractivity contribution in [3.63, 3.8) is 0 Å². The third-order valence-corrected chi connectivity index (χ3v) is 3.43. The van der Waals surface area contributed by atoms with Gasteiger partial charge in [0.05, 0.1) is 5.56 Å². The van der Waals surface area contributed by atoms with Crippen molar-refractivity contribution in [2.45, 2.75) is 32.8 Å². The molecule has 0 radical (unpaired) electrons. The van der Waals surface area contributed by atoms with Crippen LogP contribution in [0, 0.1) is 0 Å². The van der Waals surface area contributed by atoms with Crippen LogP contribution in [0.4, 0.5) is 10.5 Å². The summed E-state index contributed by atoms with van der Waals surface area (Å²) in [6.45, 7) is 5.71. The molecule has 2 aromatic carbocycles. The van der Waals surface area contributed by atoms with Crippen molar-refractivity contribution in [1.82, 2.24) is 5.32 Å². The zero-order chi connectivity index (χ0) is 19.2. The minimum atomic E-state index is -0.626. The van der Waals surface area contributed by atoms with Gasteiger partial charge in [-0.1, -0.05) is 30.3 Å². The Morgan fingerprint density at radius 1 is 1.08 bits per heavy atom. The molecular formula is C20H24N2O4. The van der Waals surface area contributed by atoms with Crippen LogP contribution in [0.15, 0.2) is 48.5 Å². The first-order chi connectivity index (χ1) is 12.2. The van der Waals surface area contributed by atoms with Gasteiger partial charge in [0, 0.05) is 12.2 Å². The van der Waals surface area contributed by atoms with Crippen LogP contribution in [0.5, 0.6) is 5.75 Å². The second kappa shape index (κ2) is 8.38. The van der Waals surface area contributed by atoms with Crippen molar-refractivity contribution in [2.24, 2.45) is 0 Å². The summed E-state index contributed by atoms with van der Waals surface area (Å²) in [5.74, 6) is -0.566. The number of carbonyl (C=O) groups is 2. The van der Waals surface area contributed by atoms with Gasteiger partial charge in [0.2, 0.25) is 0 Å². The fourth-order valence-electron chi connectivity index (χ4n) is 2.28. The predicted octanol–water partition coefficient (Wildman–Crippen LogP) is 3.71. The maximum Gasteiger partial charge on any atom is 0.412 e. The Bertz CT molecular complexity index is 767. The molecule has 6 nitrogen and oxygen atoms in total. The first-order valence-electron chi connectivity index (χ1n) is 8.40. The fourth-order valence-corrected chi connectivity index (χ4v) is 2.28. The maximum atomic E-state index is 12.3. The lowest BCUT2D eigenvalue weighted by atomic mass is 10.1. The van der Waals surface area contributed by atoms with Crippen molar-refractivity contribution in [3.05, 3.63) is 59.7 Å². The first kappa shape index (κ1) is 19.3. The first-order valence-corrected chi connectivity index (χ1v) is 8.40. The summed E-state index contributed by atoms with van der Waals surface area (Å²) in [4.78, 5) is 24.1. The number of carbonyl (C=O) groups excluding carboxylic acids is 2. The van der Waals surface area contributed by atoms with Gasteiger partial charge in [-0.05, 0) is 51.0 Å². The molecule has 2 aromatic rings. The monoisotopic (exact) mass is 356 g/mol. The van der Waals surface area contributed by atoms with Gasteiger partial charge in [-0.2, -0.15) is 0 Å². The number of rotatable bonds is 5. The highest BCUT2D eigenvalue weighted by atomic mass is 16.6. The number of benzene rings is 2. The standard InChI is InChI=1S/C20H24N2O4/c1-20(2,3)26-19(25)22-15-9-10-17(23)16(13-15)18(24)21-12-11-14-7-5-4-6-8-14/h4-10,13,23H,11-12H2,1-3H3,(H,21,24)(H,22,25). The summed E-state index contributed by atoms with van der Waals surface area (Å²) in [6, 6.07) is 14.0. The normalized spacial score (nSPS) is 10.9. The van der Waals surface area contributed by atoms with Crippen LogP contribution in [0.1, 0.15) is 36.7 Å². The second-order valence-electron chi connectivity index (χ2n) is 6.85. The van der Waals surface area contributed by atoms with E-state index in [0.29, 0.717) is 18.7 Å². The van der Waals surface area contributed by atoms with Gasteiger partial charge in [-0.15, -0.1) is 0 Å². The lowest BCUT2D eigenvalue weighted by Gasteiger charge is -2.19. The van der Waals surface area contributed by atoms with Crippen molar-refractivity contribution < 1.29 is 19.4 Å². The van der Waals surface area contributed by atoms with Crippen molar-refractivity contribution in [2.75, 3.05) is 11.9 Å². The number of aromatic hydroxyl groups is 1. The molecule has 6 heteroatoms. The molecule has 26 heavy (non-hydrogen) atoms. The van der Waals surface area contributed by atoms with Crippen LogP contribution in [0.25, 0.3) is 0 Å². The lowest BCUT2D eigenvalue weighted by molar-refractivity contribution is 0.0635. The van der Waals surface area contributed by atoms with Crippen LogP contribution < -0.4 is 10.6 Å². The largest absolute Gasteiger partial charge is 0.507 e. The molecule has 0 aliphatic carbocycles. The Balaban J connectivity index is 1.97. The second-order valence-corrected chi connectivity index (χ2v) is 6.85. The molecule has 0 saturated carbocycles. The Labute approximate surface area is 153 Å². The molecular weight excluding hydrogens is 332 g/mol. The quantitative estimate of drug-likeness (QED) is 0.713. The third-order valence-electron chi connectivity index (χ3n) is 3.43.